The van der Waals surface area contributed by atoms with Gasteiger partial charge in [0.15, 0.2) is 0 Å². The number of benzene rings is 2. The van der Waals surface area contributed by atoms with Gasteiger partial charge in [-0.1, -0.05) is 30.3 Å². The average molecular weight is 338 g/mol. The van der Waals surface area contributed by atoms with Crippen LogP contribution in [0.3, 0.4) is 0 Å². The molecule has 0 spiro atoms. The van der Waals surface area contributed by atoms with Crippen molar-refractivity contribution in [1.29, 1.82) is 0 Å². The van der Waals surface area contributed by atoms with Gasteiger partial charge in [0.05, 0.1) is 5.56 Å². The van der Waals surface area contributed by atoms with E-state index in [1.807, 2.05) is 30.3 Å². The molecule has 0 aliphatic rings. The topological polar surface area (TPSA) is 64.4 Å². The summed E-state index contributed by atoms with van der Waals surface area (Å²) in [4.78, 5) is 10.8. The van der Waals surface area contributed by atoms with Crippen molar-refractivity contribution in [2.24, 2.45) is 5.73 Å². The van der Waals surface area contributed by atoms with Crippen LogP contribution in [0.5, 0.6) is 5.75 Å². The second-order valence-corrected chi connectivity index (χ2v) is 5.12. The van der Waals surface area contributed by atoms with Crippen molar-refractivity contribution in [3.63, 3.8) is 0 Å². The molecule has 2 aromatic rings. The van der Waals surface area contributed by atoms with Crippen LogP contribution >= 0.6 is 0 Å². The first-order valence-corrected chi connectivity index (χ1v) is 7.28. The highest BCUT2D eigenvalue weighted by molar-refractivity contribution is 5.71. The third-order valence-electron chi connectivity index (χ3n) is 3.34. The van der Waals surface area contributed by atoms with Gasteiger partial charge >= 0.3 is 12.2 Å². The number of hydrogen-bond acceptors (Lipinski definition) is 2. The quantitative estimate of drug-likeness (QED) is 0.839. The van der Waals surface area contributed by atoms with Crippen LogP contribution in [0.4, 0.5) is 18.0 Å². The number of hydrogen-bond donors (Lipinski definition) is 2. The van der Waals surface area contributed by atoms with Gasteiger partial charge in [0.25, 0.3) is 0 Å². The highest BCUT2D eigenvalue weighted by Gasteiger charge is 2.30. The molecule has 1 atom stereocenters. The number of halogens is 3. The Morgan fingerprint density at radius 2 is 1.71 bits per heavy atom. The Hall–Kier alpha value is -2.70. The van der Waals surface area contributed by atoms with Crippen LogP contribution in [-0.4, -0.2) is 12.6 Å². The van der Waals surface area contributed by atoms with E-state index >= 15 is 0 Å². The Morgan fingerprint density at radius 1 is 1.08 bits per heavy atom. The average Bonchev–Trinajstić information content (AvgIpc) is 2.54. The predicted molar refractivity (Wildman–Crippen MR) is 83.5 cm³/mol. The fraction of sp³-hybridized carbons (Fsp3) is 0.235. The highest BCUT2D eigenvalue weighted by Crippen LogP contribution is 2.31. The summed E-state index contributed by atoms with van der Waals surface area (Å²) >= 11 is 0. The second kappa shape index (κ2) is 7.72. The van der Waals surface area contributed by atoms with E-state index in [0.29, 0.717) is 12.2 Å². The van der Waals surface area contributed by atoms with E-state index in [0.717, 1.165) is 17.7 Å². The minimum Gasteiger partial charge on any atom is -0.486 e. The van der Waals surface area contributed by atoms with Crippen molar-refractivity contribution in [3.8, 4) is 5.75 Å². The lowest BCUT2D eigenvalue weighted by Crippen LogP contribution is -2.31. The van der Waals surface area contributed by atoms with Gasteiger partial charge in [0, 0.05) is 13.0 Å². The van der Waals surface area contributed by atoms with Crippen LogP contribution in [-0.2, 0) is 6.18 Å². The first-order valence-electron chi connectivity index (χ1n) is 7.28. The number of nitrogens with two attached hydrogens (primary N) is 1. The van der Waals surface area contributed by atoms with E-state index in [4.69, 9.17) is 10.5 Å². The van der Waals surface area contributed by atoms with Crippen LogP contribution < -0.4 is 15.8 Å². The predicted octanol–water partition coefficient (Wildman–Crippen LogP) is 3.88. The van der Waals surface area contributed by atoms with E-state index in [1.54, 1.807) is 0 Å². The molecule has 2 rings (SSSR count). The monoisotopic (exact) mass is 338 g/mol. The number of alkyl halides is 3. The van der Waals surface area contributed by atoms with Gasteiger partial charge in [0.1, 0.15) is 11.9 Å². The van der Waals surface area contributed by atoms with Crippen molar-refractivity contribution < 1.29 is 22.7 Å². The van der Waals surface area contributed by atoms with Crippen LogP contribution in [0.2, 0.25) is 0 Å². The molecular formula is C17H17F3N2O2. The molecule has 3 N–H and O–H groups in total. The third kappa shape index (κ3) is 5.19. The first kappa shape index (κ1) is 17.7. The zero-order valence-electron chi connectivity index (χ0n) is 12.7. The fourth-order valence-corrected chi connectivity index (χ4v) is 2.17. The van der Waals surface area contributed by atoms with Crippen molar-refractivity contribution in [1.82, 2.24) is 5.32 Å². The van der Waals surface area contributed by atoms with Gasteiger partial charge in [-0.25, -0.2) is 4.79 Å². The Kier molecular flexibility index (Phi) is 5.68. The molecule has 0 saturated heterocycles. The van der Waals surface area contributed by atoms with E-state index < -0.39 is 23.9 Å². The maximum Gasteiger partial charge on any atom is 0.416 e. The zero-order valence-corrected chi connectivity index (χ0v) is 12.7. The molecule has 0 heterocycles. The molecule has 4 nitrogen and oxygen atoms in total. The second-order valence-electron chi connectivity index (χ2n) is 5.12. The number of urea groups is 1. The lowest BCUT2D eigenvalue weighted by molar-refractivity contribution is -0.137. The number of ether oxygens (including phenoxy) is 1. The SMILES string of the molecule is NC(=O)NCC[C@H](Oc1ccc(C(F)(F)F)cc1)c1ccccc1. The Labute approximate surface area is 137 Å². The number of nitrogens with one attached hydrogen (secondary N) is 1. The van der Waals surface area contributed by atoms with Crippen molar-refractivity contribution in [2.75, 3.05) is 6.54 Å². The zero-order chi connectivity index (χ0) is 17.6. The number of carbonyl (C=O) groups is 1. The summed E-state index contributed by atoms with van der Waals surface area (Å²) in [6.45, 7) is 0.287. The lowest BCUT2D eigenvalue weighted by atomic mass is 10.1. The van der Waals surface area contributed by atoms with E-state index in [-0.39, 0.29) is 6.54 Å². The van der Waals surface area contributed by atoms with Gasteiger partial charge in [-0.3, -0.25) is 0 Å². The summed E-state index contributed by atoms with van der Waals surface area (Å²) < 4.78 is 43.6. The minimum atomic E-state index is -4.39. The van der Waals surface area contributed by atoms with Gasteiger partial charge in [-0.2, -0.15) is 13.2 Å². The van der Waals surface area contributed by atoms with E-state index in [1.165, 1.54) is 12.1 Å². The molecule has 0 radical (unpaired) electrons. The minimum absolute atomic E-state index is 0.287. The molecular weight excluding hydrogens is 321 g/mol. The molecule has 2 aromatic carbocycles. The summed E-state index contributed by atoms with van der Waals surface area (Å²) in [7, 11) is 0. The third-order valence-corrected chi connectivity index (χ3v) is 3.34. The van der Waals surface area contributed by atoms with Gasteiger partial charge in [-0.05, 0) is 29.8 Å². The summed E-state index contributed by atoms with van der Waals surface area (Å²) in [6.07, 6.45) is -4.38. The van der Waals surface area contributed by atoms with Gasteiger partial charge in [-0.15, -0.1) is 0 Å². The van der Waals surface area contributed by atoms with Gasteiger partial charge < -0.3 is 15.8 Å². The van der Waals surface area contributed by atoms with E-state index in [9.17, 15) is 18.0 Å². The number of rotatable bonds is 6. The summed E-state index contributed by atoms with van der Waals surface area (Å²) in [6, 6.07) is 13.1. The van der Waals surface area contributed by atoms with Crippen LogP contribution in [0.15, 0.2) is 54.6 Å². The lowest BCUT2D eigenvalue weighted by Gasteiger charge is -2.20. The van der Waals surface area contributed by atoms with Crippen molar-refractivity contribution >= 4 is 6.03 Å². The van der Waals surface area contributed by atoms with Crippen molar-refractivity contribution in [2.45, 2.75) is 18.7 Å². The molecule has 0 fully saturated rings. The molecule has 0 saturated carbocycles. The molecule has 0 aliphatic heterocycles. The Morgan fingerprint density at radius 3 is 2.25 bits per heavy atom. The fourth-order valence-electron chi connectivity index (χ4n) is 2.17. The number of carbonyl (C=O) groups excluding carboxylic acids is 1. The van der Waals surface area contributed by atoms with Crippen LogP contribution in [0.25, 0.3) is 0 Å². The number of amides is 2. The van der Waals surface area contributed by atoms with Crippen LogP contribution in [0.1, 0.15) is 23.7 Å². The van der Waals surface area contributed by atoms with Gasteiger partial charge in [0.2, 0.25) is 0 Å². The first-order chi connectivity index (χ1) is 11.4. The molecule has 128 valence electrons. The summed E-state index contributed by atoms with van der Waals surface area (Å²) in [5.41, 5.74) is 5.15. The largest absolute Gasteiger partial charge is 0.486 e. The molecule has 0 aromatic heterocycles. The highest BCUT2D eigenvalue weighted by atomic mass is 19.4. The maximum atomic E-state index is 12.6. The standard InChI is InChI=1S/C17H17F3N2O2/c18-17(19,20)13-6-8-14(9-7-13)24-15(10-11-22-16(21)23)12-4-2-1-3-5-12/h1-9,15H,10-11H2,(H3,21,22,23)/t15-/m0/s1. The molecule has 24 heavy (non-hydrogen) atoms. The summed E-state index contributed by atoms with van der Waals surface area (Å²) in [5, 5.41) is 2.47. The number of primary amides is 1. The maximum absolute atomic E-state index is 12.6. The molecule has 2 amide bonds. The molecule has 0 unspecified atom stereocenters. The van der Waals surface area contributed by atoms with Crippen LogP contribution in [0, 0.1) is 0 Å². The smallest absolute Gasteiger partial charge is 0.416 e. The molecule has 0 bridgehead atoms. The molecule has 0 aliphatic carbocycles. The normalized spacial score (nSPS) is 12.5. The Balaban J connectivity index is 2.11. The van der Waals surface area contributed by atoms with E-state index in [2.05, 4.69) is 5.32 Å². The molecule has 7 heteroatoms. The Bertz CT molecular complexity index is 658. The summed E-state index contributed by atoms with van der Waals surface area (Å²) in [5.74, 6) is 0.316. The van der Waals surface area contributed by atoms with Crippen molar-refractivity contribution in [3.05, 3.63) is 65.7 Å².